The van der Waals surface area contributed by atoms with Crippen LogP contribution in [0.3, 0.4) is 0 Å². The van der Waals surface area contributed by atoms with Crippen LogP contribution in [0.4, 0.5) is 10.5 Å². The van der Waals surface area contributed by atoms with Gasteiger partial charge in [0.2, 0.25) is 0 Å². The lowest BCUT2D eigenvalue weighted by Gasteiger charge is -2.29. The number of carbonyl (C=O) groups is 1. The number of amides is 2. The molecule has 4 nitrogen and oxygen atoms in total. The van der Waals surface area contributed by atoms with E-state index < -0.39 is 0 Å². The minimum absolute atomic E-state index is 0.135. The molecular formula is C17H26N3O. The normalized spacial score (nSPS) is 17.2. The number of carbonyl (C=O) groups excluding carboxylic acids is 1. The lowest BCUT2D eigenvalue weighted by molar-refractivity contribution is 0.242. The van der Waals surface area contributed by atoms with Crippen LogP contribution < -0.4 is 10.6 Å². The number of para-hydroxylation sites is 1. The first-order valence-electron chi connectivity index (χ1n) is 7.88. The quantitative estimate of drug-likeness (QED) is 0.873. The Morgan fingerprint density at radius 2 is 2.00 bits per heavy atom. The zero-order valence-corrected chi connectivity index (χ0v) is 13.1. The van der Waals surface area contributed by atoms with Gasteiger partial charge in [-0.25, -0.2) is 4.79 Å². The molecular weight excluding hydrogens is 262 g/mol. The van der Waals surface area contributed by atoms with E-state index >= 15 is 0 Å². The molecule has 1 saturated heterocycles. The number of nitrogens with one attached hydrogen (secondary N) is 2. The maximum absolute atomic E-state index is 11.7. The lowest BCUT2D eigenvalue weighted by Crippen LogP contribution is -2.33. The molecule has 1 atom stereocenters. The van der Waals surface area contributed by atoms with Crippen molar-refractivity contribution in [1.82, 2.24) is 10.2 Å². The van der Waals surface area contributed by atoms with Crippen molar-refractivity contribution in [2.24, 2.45) is 0 Å². The zero-order chi connectivity index (χ0) is 15.1. The van der Waals surface area contributed by atoms with Crippen molar-refractivity contribution in [3.8, 4) is 0 Å². The summed E-state index contributed by atoms with van der Waals surface area (Å²) >= 11 is 0. The first kappa shape index (κ1) is 15.8. The molecule has 21 heavy (non-hydrogen) atoms. The number of hydrogen-bond acceptors (Lipinski definition) is 2. The second kappa shape index (κ2) is 8.03. The van der Waals surface area contributed by atoms with Crippen molar-refractivity contribution in [3.63, 3.8) is 0 Å². The summed E-state index contributed by atoms with van der Waals surface area (Å²) in [5.41, 5.74) is 2.12. The second-order valence-electron chi connectivity index (χ2n) is 5.64. The first-order chi connectivity index (χ1) is 10.2. The number of hydrogen-bond donors (Lipinski definition) is 2. The van der Waals surface area contributed by atoms with Crippen LogP contribution in [0.25, 0.3) is 0 Å². The molecule has 1 unspecified atom stereocenters. The summed E-state index contributed by atoms with van der Waals surface area (Å²) in [6, 6.07) is 7.96. The van der Waals surface area contributed by atoms with Crippen LogP contribution in [0.2, 0.25) is 0 Å². The molecule has 2 rings (SSSR count). The zero-order valence-electron chi connectivity index (χ0n) is 13.1. The summed E-state index contributed by atoms with van der Waals surface area (Å²) in [6.07, 6.45) is 4.74. The average molecular weight is 288 g/mol. The maximum atomic E-state index is 11.7. The van der Waals surface area contributed by atoms with Gasteiger partial charge in [0.15, 0.2) is 0 Å². The Balaban J connectivity index is 2.01. The molecule has 0 spiro atoms. The second-order valence-corrected chi connectivity index (χ2v) is 5.64. The van der Waals surface area contributed by atoms with Gasteiger partial charge in [-0.05, 0) is 56.8 Å². The topological polar surface area (TPSA) is 44.4 Å². The monoisotopic (exact) mass is 288 g/mol. The van der Waals surface area contributed by atoms with E-state index in [2.05, 4.69) is 34.9 Å². The minimum Gasteiger partial charge on any atom is -0.338 e. The van der Waals surface area contributed by atoms with Gasteiger partial charge in [-0.3, -0.25) is 0 Å². The van der Waals surface area contributed by atoms with E-state index in [4.69, 9.17) is 0 Å². The minimum atomic E-state index is -0.135. The number of likely N-dealkylation sites (tertiary alicyclic amines) is 1. The van der Waals surface area contributed by atoms with Crippen molar-refractivity contribution >= 4 is 11.7 Å². The van der Waals surface area contributed by atoms with Crippen LogP contribution in [0, 0.1) is 6.42 Å². The number of nitrogens with zero attached hydrogens (tertiary/aromatic N) is 1. The maximum Gasteiger partial charge on any atom is 0.319 e. The van der Waals surface area contributed by atoms with E-state index in [0.29, 0.717) is 12.5 Å². The van der Waals surface area contributed by atoms with E-state index in [1.54, 1.807) is 0 Å². The molecule has 1 aromatic rings. The number of urea groups is 1. The highest BCUT2D eigenvalue weighted by Gasteiger charge is 2.17. The molecule has 0 aliphatic carbocycles. The fraction of sp³-hybridized carbons (Fsp3) is 0.529. The Kier molecular flexibility index (Phi) is 6.05. The van der Waals surface area contributed by atoms with Crippen LogP contribution in [0.15, 0.2) is 24.3 Å². The molecule has 2 N–H and O–H groups in total. The first-order valence-corrected chi connectivity index (χ1v) is 7.88. The average Bonchev–Trinajstić information content (AvgIpc) is 2.49. The smallest absolute Gasteiger partial charge is 0.319 e. The van der Waals surface area contributed by atoms with E-state index in [1.165, 1.54) is 18.4 Å². The SMILES string of the molecule is CCNC(=O)Nc1ccccc1C(C)CN1CC[CH]CC1. The fourth-order valence-corrected chi connectivity index (χ4v) is 2.84. The Hall–Kier alpha value is -1.55. The van der Waals surface area contributed by atoms with Crippen molar-refractivity contribution in [3.05, 3.63) is 36.2 Å². The Labute approximate surface area is 127 Å². The van der Waals surface area contributed by atoms with Gasteiger partial charge in [0, 0.05) is 18.8 Å². The summed E-state index contributed by atoms with van der Waals surface area (Å²) < 4.78 is 0. The highest BCUT2D eigenvalue weighted by Crippen LogP contribution is 2.26. The number of anilines is 1. The molecule has 0 bridgehead atoms. The lowest BCUT2D eigenvalue weighted by atomic mass is 9.97. The van der Waals surface area contributed by atoms with Crippen LogP contribution in [0.1, 0.15) is 38.2 Å². The molecule has 2 amide bonds. The molecule has 1 heterocycles. The van der Waals surface area contributed by atoms with Crippen molar-refractivity contribution in [1.29, 1.82) is 0 Å². The summed E-state index contributed by atoms with van der Waals surface area (Å²) in [5, 5.41) is 5.73. The van der Waals surface area contributed by atoms with Crippen LogP contribution in [0.5, 0.6) is 0 Å². The fourth-order valence-electron chi connectivity index (χ4n) is 2.84. The molecule has 4 heteroatoms. The van der Waals surface area contributed by atoms with E-state index in [-0.39, 0.29) is 6.03 Å². The largest absolute Gasteiger partial charge is 0.338 e. The predicted octanol–water partition coefficient (Wildman–Crippen LogP) is 3.23. The third-order valence-corrected chi connectivity index (χ3v) is 3.91. The molecule has 1 fully saturated rings. The molecule has 1 aliphatic rings. The summed E-state index contributed by atoms with van der Waals surface area (Å²) in [4.78, 5) is 14.2. The Bertz CT molecular complexity index is 455. The molecule has 115 valence electrons. The van der Waals surface area contributed by atoms with E-state index in [1.807, 2.05) is 25.1 Å². The van der Waals surface area contributed by atoms with Gasteiger partial charge in [0.05, 0.1) is 0 Å². The van der Waals surface area contributed by atoms with Crippen molar-refractivity contribution in [2.75, 3.05) is 31.5 Å². The highest BCUT2D eigenvalue weighted by molar-refractivity contribution is 5.90. The number of piperidine rings is 1. The Morgan fingerprint density at radius 1 is 1.29 bits per heavy atom. The van der Waals surface area contributed by atoms with Gasteiger partial charge < -0.3 is 15.5 Å². The van der Waals surface area contributed by atoms with Gasteiger partial charge in [0.1, 0.15) is 0 Å². The summed E-state index contributed by atoms with van der Waals surface area (Å²) in [5.74, 6) is 0.404. The molecule has 0 saturated carbocycles. The number of benzene rings is 1. The highest BCUT2D eigenvalue weighted by atomic mass is 16.2. The van der Waals surface area contributed by atoms with Crippen LogP contribution >= 0.6 is 0 Å². The van der Waals surface area contributed by atoms with Gasteiger partial charge >= 0.3 is 6.03 Å². The van der Waals surface area contributed by atoms with Crippen molar-refractivity contribution in [2.45, 2.75) is 32.6 Å². The third kappa shape index (κ3) is 4.74. The molecule has 0 aromatic heterocycles. The molecule has 1 aromatic carbocycles. The van der Waals surface area contributed by atoms with Gasteiger partial charge in [0.25, 0.3) is 0 Å². The summed E-state index contributed by atoms with van der Waals surface area (Å²) in [7, 11) is 0. The van der Waals surface area contributed by atoms with Crippen LogP contribution in [-0.2, 0) is 0 Å². The van der Waals surface area contributed by atoms with Gasteiger partial charge in [-0.1, -0.05) is 25.1 Å². The summed E-state index contributed by atoms with van der Waals surface area (Å²) in [6.45, 7) is 8.13. The standard InChI is InChI=1S/C17H26N3O/c1-3-18-17(21)19-16-10-6-5-9-15(16)14(2)13-20-11-7-4-8-12-20/h4-6,9-10,14H,3,7-8,11-13H2,1-2H3,(H2,18,19,21). The van der Waals surface area contributed by atoms with Gasteiger partial charge in [-0.2, -0.15) is 0 Å². The third-order valence-electron chi connectivity index (χ3n) is 3.91. The Morgan fingerprint density at radius 3 is 2.71 bits per heavy atom. The van der Waals surface area contributed by atoms with Gasteiger partial charge in [-0.15, -0.1) is 0 Å². The van der Waals surface area contributed by atoms with Crippen LogP contribution in [-0.4, -0.2) is 37.1 Å². The predicted molar refractivity (Wildman–Crippen MR) is 87.5 cm³/mol. The molecule has 1 aliphatic heterocycles. The van der Waals surface area contributed by atoms with E-state index in [9.17, 15) is 4.79 Å². The number of rotatable bonds is 5. The molecule has 1 radical (unpaired) electrons. The van der Waals surface area contributed by atoms with Crippen molar-refractivity contribution < 1.29 is 4.79 Å². The van der Waals surface area contributed by atoms with E-state index in [0.717, 1.165) is 25.3 Å².